The van der Waals surface area contributed by atoms with Crippen molar-refractivity contribution in [3.63, 3.8) is 0 Å². The van der Waals surface area contributed by atoms with E-state index in [1.807, 2.05) is 24.3 Å². The number of carbonyl (C=O) groups excluding carboxylic acids is 2. The van der Waals surface area contributed by atoms with E-state index in [4.69, 9.17) is 0 Å². The van der Waals surface area contributed by atoms with Crippen LogP contribution >= 0.6 is 0 Å². The van der Waals surface area contributed by atoms with Crippen molar-refractivity contribution in [2.24, 2.45) is 17.8 Å². The number of rotatable bonds is 6. The van der Waals surface area contributed by atoms with E-state index in [9.17, 15) is 9.59 Å². The van der Waals surface area contributed by atoms with Crippen LogP contribution < -0.4 is 5.32 Å². The van der Waals surface area contributed by atoms with Crippen molar-refractivity contribution >= 4 is 17.5 Å². The van der Waals surface area contributed by atoms with Gasteiger partial charge in [0.15, 0.2) is 0 Å². The summed E-state index contributed by atoms with van der Waals surface area (Å²) in [4.78, 5) is 26.3. The molecule has 2 bridgehead atoms. The molecule has 2 fully saturated rings. The molecular formula is C20H28N2O2. The number of para-hydroxylation sites is 1. The molecule has 1 N–H and O–H groups in total. The van der Waals surface area contributed by atoms with E-state index in [0.29, 0.717) is 12.3 Å². The van der Waals surface area contributed by atoms with E-state index in [-0.39, 0.29) is 18.4 Å². The van der Waals surface area contributed by atoms with E-state index in [2.05, 4.69) is 12.2 Å². The molecule has 4 nitrogen and oxygen atoms in total. The summed E-state index contributed by atoms with van der Waals surface area (Å²) >= 11 is 0. The van der Waals surface area contributed by atoms with Gasteiger partial charge in [-0.1, -0.05) is 31.5 Å². The number of carbonyl (C=O) groups is 2. The van der Waals surface area contributed by atoms with Gasteiger partial charge >= 0.3 is 0 Å². The van der Waals surface area contributed by atoms with Crippen molar-refractivity contribution in [3.8, 4) is 0 Å². The van der Waals surface area contributed by atoms with Gasteiger partial charge in [0.25, 0.3) is 0 Å². The fourth-order valence-electron chi connectivity index (χ4n) is 4.45. The highest BCUT2D eigenvalue weighted by Gasteiger charge is 2.40. The van der Waals surface area contributed by atoms with Crippen molar-refractivity contribution < 1.29 is 9.59 Å². The first-order valence-electron chi connectivity index (χ1n) is 9.18. The Hall–Kier alpha value is -1.84. The summed E-state index contributed by atoms with van der Waals surface area (Å²) in [5.41, 5.74) is 1.96. The summed E-state index contributed by atoms with van der Waals surface area (Å²) in [6, 6.07) is 7.81. The van der Waals surface area contributed by atoms with Gasteiger partial charge in [-0.05, 0) is 55.1 Å². The third kappa shape index (κ3) is 3.80. The van der Waals surface area contributed by atoms with Crippen molar-refractivity contribution in [1.29, 1.82) is 0 Å². The molecule has 0 spiro atoms. The summed E-state index contributed by atoms with van der Waals surface area (Å²) in [6.07, 6.45) is 6.65. The lowest BCUT2D eigenvalue weighted by molar-refractivity contribution is -0.134. The van der Waals surface area contributed by atoms with Crippen LogP contribution in [0.25, 0.3) is 0 Å². The minimum atomic E-state index is -0.125. The van der Waals surface area contributed by atoms with E-state index in [1.165, 1.54) is 25.7 Å². The van der Waals surface area contributed by atoms with Crippen LogP contribution in [0.5, 0.6) is 0 Å². The molecule has 2 aliphatic rings. The molecule has 2 amide bonds. The summed E-state index contributed by atoms with van der Waals surface area (Å²) in [6.45, 7) is 2.19. The number of nitrogens with one attached hydrogen (secondary N) is 1. The minimum absolute atomic E-state index is 0.103. The Morgan fingerprint density at radius 1 is 1.21 bits per heavy atom. The van der Waals surface area contributed by atoms with Crippen LogP contribution in [0.3, 0.4) is 0 Å². The lowest BCUT2D eigenvalue weighted by Gasteiger charge is -2.24. The topological polar surface area (TPSA) is 49.4 Å². The molecule has 0 unspecified atom stereocenters. The number of anilines is 1. The lowest BCUT2D eigenvalue weighted by Crippen LogP contribution is -2.36. The Balaban J connectivity index is 1.49. The zero-order valence-electron chi connectivity index (χ0n) is 14.8. The predicted molar refractivity (Wildman–Crippen MR) is 95.6 cm³/mol. The van der Waals surface area contributed by atoms with Gasteiger partial charge < -0.3 is 10.2 Å². The third-order valence-corrected chi connectivity index (χ3v) is 5.80. The molecule has 24 heavy (non-hydrogen) atoms. The molecule has 0 aliphatic heterocycles. The first kappa shape index (κ1) is 17.0. The van der Waals surface area contributed by atoms with E-state index < -0.39 is 0 Å². The molecule has 3 rings (SSSR count). The van der Waals surface area contributed by atoms with Gasteiger partial charge in [-0.15, -0.1) is 0 Å². The maximum absolute atomic E-state index is 12.4. The Labute approximate surface area is 144 Å². The highest BCUT2D eigenvalue weighted by atomic mass is 16.2. The smallest absolute Gasteiger partial charge is 0.243 e. The second-order valence-electron chi connectivity index (χ2n) is 7.45. The van der Waals surface area contributed by atoms with E-state index in [1.54, 1.807) is 11.9 Å². The minimum Gasteiger partial charge on any atom is -0.336 e. The Morgan fingerprint density at radius 2 is 2.00 bits per heavy atom. The zero-order valence-corrected chi connectivity index (χ0v) is 14.8. The number of likely N-dealkylation sites (N-methyl/N-ethyl adjacent to an activating group) is 1. The Bertz CT molecular complexity index is 613. The lowest BCUT2D eigenvalue weighted by atomic mass is 9.86. The molecule has 2 aliphatic carbocycles. The first-order valence-corrected chi connectivity index (χ1v) is 9.18. The van der Waals surface area contributed by atoms with Crippen LogP contribution in [0, 0.1) is 17.8 Å². The molecule has 2 saturated carbocycles. The van der Waals surface area contributed by atoms with E-state index in [0.717, 1.165) is 29.5 Å². The van der Waals surface area contributed by atoms with Gasteiger partial charge in [-0.3, -0.25) is 9.59 Å². The number of hydrogen-bond acceptors (Lipinski definition) is 2. The predicted octanol–water partition coefficient (Wildman–Crippen LogP) is 3.47. The molecule has 1 aromatic rings. The Kier molecular flexibility index (Phi) is 5.22. The average Bonchev–Trinajstić information content (AvgIpc) is 3.18. The molecular weight excluding hydrogens is 300 g/mol. The van der Waals surface area contributed by atoms with Crippen molar-refractivity contribution in [2.75, 3.05) is 18.9 Å². The number of amides is 2. The Morgan fingerprint density at radius 3 is 2.67 bits per heavy atom. The van der Waals surface area contributed by atoms with Crippen LogP contribution in [-0.4, -0.2) is 30.3 Å². The maximum atomic E-state index is 12.4. The average molecular weight is 328 g/mol. The number of hydrogen-bond donors (Lipinski definition) is 1. The van der Waals surface area contributed by atoms with Gasteiger partial charge in [0.2, 0.25) is 11.8 Å². The monoisotopic (exact) mass is 328 g/mol. The van der Waals surface area contributed by atoms with E-state index >= 15 is 0 Å². The molecule has 3 atom stereocenters. The molecule has 1 aromatic carbocycles. The zero-order chi connectivity index (χ0) is 17.1. The fourth-order valence-corrected chi connectivity index (χ4v) is 4.45. The molecule has 0 heterocycles. The third-order valence-electron chi connectivity index (χ3n) is 5.80. The molecule has 0 saturated heterocycles. The van der Waals surface area contributed by atoms with Crippen LogP contribution in [0.15, 0.2) is 24.3 Å². The molecule has 0 radical (unpaired) electrons. The second kappa shape index (κ2) is 7.37. The highest BCUT2D eigenvalue weighted by Crippen LogP contribution is 2.49. The van der Waals surface area contributed by atoms with Crippen LogP contribution in [0.1, 0.15) is 44.6 Å². The van der Waals surface area contributed by atoms with Crippen LogP contribution in [-0.2, 0) is 16.0 Å². The standard InChI is InChI=1S/C20H28N2O2/c1-3-15-6-4-5-7-18(15)21-19(23)13-22(2)20(24)12-17-11-14-8-9-16(17)10-14/h4-7,14,16-17H,3,8-13H2,1-2H3,(H,21,23)/t14-,16-,17+/m1/s1. The summed E-state index contributed by atoms with van der Waals surface area (Å²) < 4.78 is 0. The first-order chi connectivity index (χ1) is 11.6. The van der Waals surface area contributed by atoms with Gasteiger partial charge in [-0.25, -0.2) is 0 Å². The van der Waals surface area contributed by atoms with Gasteiger partial charge in [0.05, 0.1) is 6.54 Å². The maximum Gasteiger partial charge on any atom is 0.243 e. The molecule has 0 aromatic heterocycles. The number of nitrogens with zero attached hydrogens (tertiary/aromatic N) is 1. The second-order valence-corrected chi connectivity index (χ2v) is 7.45. The van der Waals surface area contributed by atoms with Crippen molar-refractivity contribution in [3.05, 3.63) is 29.8 Å². The number of aryl methyl sites for hydroxylation is 1. The SMILES string of the molecule is CCc1ccccc1NC(=O)CN(C)C(=O)C[C@@H]1C[C@@H]2CC[C@@H]1C2. The van der Waals surface area contributed by atoms with Crippen LogP contribution in [0.4, 0.5) is 5.69 Å². The summed E-state index contributed by atoms with van der Waals surface area (Å²) in [7, 11) is 1.74. The van der Waals surface area contributed by atoms with Crippen molar-refractivity contribution in [1.82, 2.24) is 4.90 Å². The highest BCUT2D eigenvalue weighted by molar-refractivity contribution is 5.95. The van der Waals surface area contributed by atoms with Gasteiger partial charge in [-0.2, -0.15) is 0 Å². The van der Waals surface area contributed by atoms with Crippen molar-refractivity contribution in [2.45, 2.75) is 45.4 Å². The van der Waals surface area contributed by atoms with Gasteiger partial charge in [0.1, 0.15) is 0 Å². The fraction of sp³-hybridized carbons (Fsp3) is 0.600. The molecule has 130 valence electrons. The van der Waals surface area contributed by atoms with Gasteiger partial charge in [0, 0.05) is 19.2 Å². The largest absolute Gasteiger partial charge is 0.336 e. The normalized spacial score (nSPS) is 24.8. The number of fused-ring (bicyclic) bond motifs is 2. The van der Waals surface area contributed by atoms with Crippen LogP contribution in [0.2, 0.25) is 0 Å². The molecule has 4 heteroatoms. The number of benzene rings is 1. The summed E-state index contributed by atoms with van der Waals surface area (Å²) in [5.74, 6) is 2.12. The summed E-state index contributed by atoms with van der Waals surface area (Å²) in [5, 5.41) is 2.94. The quantitative estimate of drug-likeness (QED) is 0.869.